The summed E-state index contributed by atoms with van der Waals surface area (Å²) in [5.41, 5.74) is 0.556. The predicted molar refractivity (Wildman–Crippen MR) is 55.4 cm³/mol. The van der Waals surface area contributed by atoms with Gasteiger partial charge in [-0.2, -0.15) is 0 Å². The van der Waals surface area contributed by atoms with Gasteiger partial charge in [-0.15, -0.1) is 0 Å². The highest BCUT2D eigenvalue weighted by molar-refractivity contribution is 6.43. The van der Waals surface area contributed by atoms with Crippen molar-refractivity contribution in [3.05, 3.63) is 28.2 Å². The van der Waals surface area contributed by atoms with Crippen molar-refractivity contribution in [2.45, 2.75) is 13.3 Å². The van der Waals surface area contributed by atoms with Gasteiger partial charge in [0.2, 0.25) is 5.91 Å². The van der Waals surface area contributed by atoms with Gasteiger partial charge in [-0.3, -0.25) is 4.79 Å². The Morgan fingerprint density at radius 1 is 1.46 bits per heavy atom. The molecule has 13 heavy (non-hydrogen) atoms. The number of hydrogen-bond acceptors (Lipinski definition) is 1. The summed E-state index contributed by atoms with van der Waals surface area (Å²) in [6.07, 6.45) is 0.419. The second-order valence-corrected chi connectivity index (χ2v) is 3.29. The molecule has 0 aromatic heterocycles. The summed E-state index contributed by atoms with van der Waals surface area (Å²) in [6.45, 7) is 1.77. The van der Waals surface area contributed by atoms with E-state index < -0.39 is 0 Å². The number of amides is 1. The third-order valence-corrected chi connectivity index (χ3v) is 2.37. The molecule has 70 valence electrons. The van der Waals surface area contributed by atoms with Gasteiger partial charge in [0, 0.05) is 6.42 Å². The van der Waals surface area contributed by atoms with Crippen LogP contribution in [0, 0.1) is 0 Å². The van der Waals surface area contributed by atoms with Crippen molar-refractivity contribution in [1.29, 1.82) is 0 Å². The van der Waals surface area contributed by atoms with E-state index in [9.17, 15) is 4.79 Å². The molecule has 0 spiro atoms. The molecule has 1 rings (SSSR count). The predicted octanol–water partition coefficient (Wildman–Crippen LogP) is 3.34. The Labute approximate surface area is 86.8 Å². The SMILES string of the molecule is CCC(=O)Nc1cccc(Cl)c1Cl. The van der Waals surface area contributed by atoms with Crippen LogP contribution in [0.5, 0.6) is 0 Å². The van der Waals surface area contributed by atoms with E-state index in [1.807, 2.05) is 0 Å². The molecule has 0 bridgehead atoms. The number of nitrogens with one attached hydrogen (secondary N) is 1. The number of benzene rings is 1. The van der Waals surface area contributed by atoms with Crippen molar-refractivity contribution in [2.24, 2.45) is 0 Å². The van der Waals surface area contributed by atoms with Gasteiger partial charge in [-0.1, -0.05) is 36.2 Å². The fourth-order valence-electron chi connectivity index (χ4n) is 0.839. The minimum Gasteiger partial charge on any atom is -0.325 e. The molecule has 4 heteroatoms. The molecule has 0 fully saturated rings. The summed E-state index contributed by atoms with van der Waals surface area (Å²) < 4.78 is 0. The number of carbonyl (C=O) groups excluding carboxylic acids is 1. The van der Waals surface area contributed by atoms with E-state index in [0.717, 1.165) is 0 Å². The van der Waals surface area contributed by atoms with Crippen molar-refractivity contribution in [2.75, 3.05) is 5.32 Å². The molecule has 0 unspecified atom stereocenters. The highest BCUT2D eigenvalue weighted by Crippen LogP contribution is 2.29. The Morgan fingerprint density at radius 3 is 2.77 bits per heavy atom. The smallest absolute Gasteiger partial charge is 0.224 e. The Balaban J connectivity index is 2.89. The molecule has 1 amide bonds. The van der Waals surface area contributed by atoms with Gasteiger partial charge in [-0.25, -0.2) is 0 Å². The molecule has 0 atom stereocenters. The molecule has 1 aromatic carbocycles. The van der Waals surface area contributed by atoms with E-state index in [2.05, 4.69) is 5.32 Å². The van der Waals surface area contributed by atoms with Crippen LogP contribution in [0.1, 0.15) is 13.3 Å². The first kappa shape index (κ1) is 10.4. The fourth-order valence-corrected chi connectivity index (χ4v) is 1.19. The monoisotopic (exact) mass is 217 g/mol. The minimum absolute atomic E-state index is 0.0795. The maximum absolute atomic E-state index is 11.0. The summed E-state index contributed by atoms with van der Waals surface area (Å²) >= 11 is 11.6. The first-order valence-electron chi connectivity index (χ1n) is 3.89. The van der Waals surface area contributed by atoms with Gasteiger partial charge in [-0.05, 0) is 12.1 Å². The zero-order valence-electron chi connectivity index (χ0n) is 7.10. The summed E-state index contributed by atoms with van der Waals surface area (Å²) in [6, 6.07) is 5.12. The van der Waals surface area contributed by atoms with E-state index >= 15 is 0 Å². The number of hydrogen-bond donors (Lipinski definition) is 1. The molecule has 0 heterocycles. The Morgan fingerprint density at radius 2 is 2.15 bits per heavy atom. The van der Waals surface area contributed by atoms with Gasteiger partial charge in [0.1, 0.15) is 0 Å². The maximum atomic E-state index is 11.0. The molecule has 0 aliphatic heterocycles. The van der Waals surface area contributed by atoms with Crippen molar-refractivity contribution in [1.82, 2.24) is 0 Å². The van der Waals surface area contributed by atoms with Gasteiger partial charge >= 0.3 is 0 Å². The topological polar surface area (TPSA) is 29.1 Å². The molecule has 0 aliphatic carbocycles. The first-order chi connectivity index (χ1) is 6.15. The van der Waals surface area contributed by atoms with E-state index in [-0.39, 0.29) is 5.91 Å². The molecule has 0 saturated carbocycles. The zero-order chi connectivity index (χ0) is 9.84. The lowest BCUT2D eigenvalue weighted by Gasteiger charge is -2.06. The van der Waals surface area contributed by atoms with Gasteiger partial charge in [0.25, 0.3) is 0 Å². The summed E-state index contributed by atoms with van der Waals surface area (Å²) in [5, 5.41) is 3.47. The van der Waals surface area contributed by atoms with Crippen LogP contribution in [0.15, 0.2) is 18.2 Å². The van der Waals surface area contributed by atoms with Crippen LogP contribution in [0.3, 0.4) is 0 Å². The Kier molecular flexibility index (Phi) is 3.58. The molecule has 1 aromatic rings. The van der Waals surface area contributed by atoms with Crippen LogP contribution in [0.25, 0.3) is 0 Å². The molecule has 0 aliphatic rings. The summed E-state index contributed by atoms with van der Waals surface area (Å²) in [5.74, 6) is -0.0795. The van der Waals surface area contributed by atoms with Gasteiger partial charge in [0.15, 0.2) is 0 Å². The standard InChI is InChI=1S/C9H9Cl2NO/c1-2-8(13)12-7-5-3-4-6(10)9(7)11/h3-5H,2H2,1H3,(H,12,13). The second-order valence-electron chi connectivity index (χ2n) is 2.50. The van der Waals surface area contributed by atoms with Crippen LogP contribution in [-0.2, 0) is 4.79 Å². The summed E-state index contributed by atoms with van der Waals surface area (Å²) in [7, 11) is 0. The first-order valence-corrected chi connectivity index (χ1v) is 4.64. The van der Waals surface area contributed by atoms with Crippen LogP contribution in [0.4, 0.5) is 5.69 Å². The Bertz CT molecular complexity index is 325. The highest BCUT2D eigenvalue weighted by atomic mass is 35.5. The molecule has 0 saturated heterocycles. The second kappa shape index (κ2) is 4.49. The van der Waals surface area contributed by atoms with Crippen LogP contribution >= 0.6 is 23.2 Å². The van der Waals surface area contributed by atoms with E-state index in [0.29, 0.717) is 22.2 Å². The van der Waals surface area contributed by atoms with Crippen LogP contribution in [0.2, 0.25) is 10.0 Å². The van der Waals surface area contributed by atoms with Crippen molar-refractivity contribution in [3.8, 4) is 0 Å². The van der Waals surface area contributed by atoms with Crippen molar-refractivity contribution >= 4 is 34.8 Å². The van der Waals surface area contributed by atoms with Gasteiger partial charge in [0.05, 0.1) is 15.7 Å². The fraction of sp³-hybridized carbons (Fsp3) is 0.222. The molecular weight excluding hydrogens is 209 g/mol. The van der Waals surface area contributed by atoms with Crippen molar-refractivity contribution < 1.29 is 4.79 Å². The van der Waals surface area contributed by atoms with Crippen LogP contribution in [-0.4, -0.2) is 5.91 Å². The number of carbonyl (C=O) groups is 1. The van der Waals surface area contributed by atoms with Crippen LogP contribution < -0.4 is 5.32 Å². The minimum atomic E-state index is -0.0795. The number of anilines is 1. The van der Waals surface area contributed by atoms with E-state index in [1.165, 1.54) is 0 Å². The number of rotatable bonds is 2. The molecular formula is C9H9Cl2NO. The molecule has 1 N–H and O–H groups in total. The number of halogens is 2. The average molecular weight is 218 g/mol. The zero-order valence-corrected chi connectivity index (χ0v) is 8.62. The normalized spacial score (nSPS) is 9.77. The third kappa shape index (κ3) is 2.61. The lowest BCUT2D eigenvalue weighted by molar-refractivity contribution is -0.115. The molecule has 2 nitrogen and oxygen atoms in total. The van der Waals surface area contributed by atoms with Crippen molar-refractivity contribution in [3.63, 3.8) is 0 Å². The van der Waals surface area contributed by atoms with Gasteiger partial charge < -0.3 is 5.32 Å². The lowest BCUT2D eigenvalue weighted by atomic mass is 10.3. The Hall–Kier alpha value is -0.730. The highest BCUT2D eigenvalue weighted by Gasteiger charge is 2.05. The largest absolute Gasteiger partial charge is 0.325 e. The van der Waals surface area contributed by atoms with E-state index in [4.69, 9.17) is 23.2 Å². The lowest BCUT2D eigenvalue weighted by Crippen LogP contribution is -2.09. The maximum Gasteiger partial charge on any atom is 0.224 e. The summed E-state index contributed by atoms with van der Waals surface area (Å²) in [4.78, 5) is 11.0. The quantitative estimate of drug-likeness (QED) is 0.810. The third-order valence-electron chi connectivity index (χ3n) is 1.55. The molecule has 0 radical (unpaired) electrons. The average Bonchev–Trinajstić information content (AvgIpc) is 2.13. The van der Waals surface area contributed by atoms with E-state index in [1.54, 1.807) is 25.1 Å².